The van der Waals surface area contributed by atoms with Crippen molar-refractivity contribution >= 4 is 45.6 Å². The van der Waals surface area contributed by atoms with E-state index in [0.717, 1.165) is 0 Å². The number of amides is 1. The Kier molecular flexibility index (Phi) is 5.27. The van der Waals surface area contributed by atoms with Gasteiger partial charge in [-0.1, -0.05) is 11.6 Å². The fraction of sp³-hybridized carbons (Fsp3) is 0.263. The SMILES string of the molecule is CC(C)Nc1c(F)c(Cl)c(-c2cn3cc(NC(=O)CCO)nc3cn2)c2cn[nH]c12. The van der Waals surface area contributed by atoms with Gasteiger partial charge in [-0.15, -0.1) is 0 Å². The van der Waals surface area contributed by atoms with Gasteiger partial charge in [-0.3, -0.25) is 14.9 Å². The first kappa shape index (κ1) is 20.0. The molecule has 0 fully saturated rings. The Morgan fingerprint density at radius 1 is 1.37 bits per heavy atom. The number of hydrogen-bond acceptors (Lipinski definition) is 6. The highest BCUT2D eigenvalue weighted by molar-refractivity contribution is 6.35. The number of fused-ring (bicyclic) bond motifs is 2. The first-order valence-corrected chi connectivity index (χ1v) is 9.63. The molecule has 3 aromatic heterocycles. The zero-order valence-corrected chi connectivity index (χ0v) is 17.0. The molecule has 0 saturated heterocycles. The summed E-state index contributed by atoms with van der Waals surface area (Å²) in [7, 11) is 0. The summed E-state index contributed by atoms with van der Waals surface area (Å²) in [6.07, 6.45) is 6.29. The van der Waals surface area contributed by atoms with Crippen molar-refractivity contribution in [3.8, 4) is 11.3 Å². The van der Waals surface area contributed by atoms with Gasteiger partial charge in [0.15, 0.2) is 17.3 Å². The van der Waals surface area contributed by atoms with Crippen LogP contribution in [0.15, 0.2) is 24.8 Å². The Hall–Kier alpha value is -3.24. The Bertz CT molecular complexity index is 1250. The molecule has 0 atom stereocenters. The summed E-state index contributed by atoms with van der Waals surface area (Å²) in [6, 6.07) is -0.00666. The van der Waals surface area contributed by atoms with Crippen LogP contribution in [0.3, 0.4) is 0 Å². The first-order chi connectivity index (χ1) is 14.4. The second kappa shape index (κ2) is 7.88. The van der Waals surface area contributed by atoms with Gasteiger partial charge < -0.3 is 20.1 Å². The molecule has 0 bridgehead atoms. The molecule has 0 unspecified atom stereocenters. The summed E-state index contributed by atoms with van der Waals surface area (Å²) in [4.78, 5) is 20.3. The zero-order valence-electron chi connectivity index (χ0n) is 16.2. The second-order valence-electron chi connectivity index (χ2n) is 7.02. The van der Waals surface area contributed by atoms with Crippen molar-refractivity contribution in [3.63, 3.8) is 0 Å². The molecule has 9 nitrogen and oxygen atoms in total. The summed E-state index contributed by atoms with van der Waals surface area (Å²) < 4.78 is 16.7. The van der Waals surface area contributed by atoms with Gasteiger partial charge in [-0.25, -0.2) is 9.37 Å². The molecule has 3 heterocycles. The fourth-order valence-corrected chi connectivity index (χ4v) is 3.48. The van der Waals surface area contributed by atoms with Gasteiger partial charge in [-0.05, 0) is 13.8 Å². The van der Waals surface area contributed by atoms with Crippen molar-refractivity contribution in [2.45, 2.75) is 26.3 Å². The van der Waals surface area contributed by atoms with E-state index in [-0.39, 0.29) is 35.7 Å². The number of H-pyrrole nitrogens is 1. The monoisotopic (exact) mass is 431 g/mol. The number of anilines is 2. The number of carbonyl (C=O) groups excluding carboxylic acids is 1. The minimum Gasteiger partial charge on any atom is -0.396 e. The van der Waals surface area contributed by atoms with Crippen LogP contribution in [0, 0.1) is 5.82 Å². The second-order valence-corrected chi connectivity index (χ2v) is 7.40. The molecule has 0 spiro atoms. The number of carbonyl (C=O) groups is 1. The van der Waals surface area contributed by atoms with Gasteiger partial charge in [0.1, 0.15) is 0 Å². The highest BCUT2D eigenvalue weighted by atomic mass is 35.5. The van der Waals surface area contributed by atoms with Crippen LogP contribution < -0.4 is 10.6 Å². The molecule has 1 aromatic carbocycles. The predicted molar refractivity (Wildman–Crippen MR) is 112 cm³/mol. The van der Waals surface area contributed by atoms with E-state index in [9.17, 15) is 4.79 Å². The Balaban J connectivity index is 1.81. The van der Waals surface area contributed by atoms with Crippen molar-refractivity contribution in [2.24, 2.45) is 0 Å². The van der Waals surface area contributed by atoms with E-state index in [0.29, 0.717) is 33.6 Å². The molecule has 4 aromatic rings. The molecule has 0 saturated carbocycles. The third-order valence-corrected chi connectivity index (χ3v) is 4.78. The number of imidazole rings is 1. The van der Waals surface area contributed by atoms with Crippen molar-refractivity contribution in [1.29, 1.82) is 0 Å². The third-order valence-electron chi connectivity index (χ3n) is 4.43. The van der Waals surface area contributed by atoms with E-state index in [2.05, 4.69) is 30.8 Å². The van der Waals surface area contributed by atoms with E-state index in [1.165, 1.54) is 6.20 Å². The van der Waals surface area contributed by atoms with Crippen LogP contribution in [0.5, 0.6) is 0 Å². The Morgan fingerprint density at radius 3 is 2.90 bits per heavy atom. The third kappa shape index (κ3) is 3.55. The number of aromatic amines is 1. The maximum Gasteiger partial charge on any atom is 0.227 e. The smallest absolute Gasteiger partial charge is 0.227 e. The molecule has 30 heavy (non-hydrogen) atoms. The number of aliphatic hydroxyl groups excluding tert-OH is 1. The number of halogens is 2. The largest absolute Gasteiger partial charge is 0.396 e. The predicted octanol–water partition coefficient (Wildman–Crippen LogP) is 3.21. The van der Waals surface area contributed by atoms with Crippen LogP contribution in [0.4, 0.5) is 15.9 Å². The van der Waals surface area contributed by atoms with Crippen molar-refractivity contribution < 1.29 is 14.3 Å². The number of aromatic nitrogens is 5. The first-order valence-electron chi connectivity index (χ1n) is 9.25. The lowest BCUT2D eigenvalue weighted by atomic mass is 10.1. The fourth-order valence-electron chi connectivity index (χ4n) is 3.18. The summed E-state index contributed by atoms with van der Waals surface area (Å²) >= 11 is 6.41. The van der Waals surface area contributed by atoms with Gasteiger partial charge in [0.25, 0.3) is 0 Å². The summed E-state index contributed by atoms with van der Waals surface area (Å²) in [5, 5.41) is 21.9. The molecule has 4 N–H and O–H groups in total. The zero-order chi connectivity index (χ0) is 21.4. The van der Waals surface area contributed by atoms with Crippen LogP contribution in [-0.4, -0.2) is 48.2 Å². The Morgan fingerprint density at radius 2 is 2.17 bits per heavy atom. The molecule has 0 aliphatic heterocycles. The Labute approximate surface area is 175 Å². The van der Waals surface area contributed by atoms with Gasteiger partial charge in [0.05, 0.1) is 53.5 Å². The van der Waals surface area contributed by atoms with Crippen LogP contribution >= 0.6 is 11.6 Å². The van der Waals surface area contributed by atoms with Gasteiger partial charge in [-0.2, -0.15) is 5.10 Å². The van der Waals surface area contributed by atoms with Crippen molar-refractivity contribution in [1.82, 2.24) is 24.6 Å². The molecule has 0 aliphatic rings. The summed E-state index contributed by atoms with van der Waals surface area (Å²) in [6.45, 7) is 3.54. The van der Waals surface area contributed by atoms with E-state index >= 15 is 4.39 Å². The van der Waals surface area contributed by atoms with Crippen molar-refractivity contribution in [3.05, 3.63) is 35.6 Å². The van der Waals surface area contributed by atoms with Crippen LogP contribution in [0.2, 0.25) is 5.02 Å². The van der Waals surface area contributed by atoms with E-state index in [1.54, 1.807) is 23.0 Å². The quantitative estimate of drug-likeness (QED) is 0.372. The minimum absolute atomic E-state index is 0.00666. The van der Waals surface area contributed by atoms with Crippen LogP contribution in [0.25, 0.3) is 27.8 Å². The topological polar surface area (TPSA) is 120 Å². The molecule has 0 aliphatic carbocycles. The van der Waals surface area contributed by atoms with Gasteiger partial charge in [0, 0.05) is 23.2 Å². The standard InChI is InChI=1S/C19H19ClFN7O2/c1-9(2)24-19-17(21)16(20)15(10-5-23-27-18(10)19)11-7-28-8-12(25-13(28)6-22-11)26-14(30)3-4-29/h5-9,24,29H,3-4H2,1-2H3,(H,23,27)(H,26,30). The molecular weight excluding hydrogens is 413 g/mol. The minimum atomic E-state index is -0.596. The lowest BCUT2D eigenvalue weighted by Crippen LogP contribution is -2.12. The highest BCUT2D eigenvalue weighted by Crippen LogP contribution is 2.40. The molecule has 11 heteroatoms. The van der Waals surface area contributed by atoms with Crippen LogP contribution in [-0.2, 0) is 4.79 Å². The number of nitrogens with one attached hydrogen (secondary N) is 3. The average molecular weight is 432 g/mol. The lowest BCUT2D eigenvalue weighted by molar-refractivity contribution is -0.116. The maximum absolute atomic E-state index is 15.1. The normalized spacial score (nSPS) is 11.5. The number of rotatable bonds is 6. The average Bonchev–Trinajstić information content (AvgIpc) is 3.31. The molecule has 1 amide bonds. The highest BCUT2D eigenvalue weighted by Gasteiger charge is 2.22. The molecule has 156 valence electrons. The van der Waals surface area contributed by atoms with Gasteiger partial charge >= 0.3 is 0 Å². The summed E-state index contributed by atoms with van der Waals surface area (Å²) in [5.74, 6) is -0.635. The number of hydrogen-bond donors (Lipinski definition) is 4. The molecule has 0 radical (unpaired) electrons. The lowest BCUT2D eigenvalue weighted by Gasteiger charge is -2.15. The molecule has 4 rings (SSSR count). The van der Waals surface area contributed by atoms with E-state index in [1.807, 2.05) is 13.8 Å². The number of benzene rings is 1. The summed E-state index contributed by atoms with van der Waals surface area (Å²) in [5.41, 5.74) is 2.04. The van der Waals surface area contributed by atoms with Crippen molar-refractivity contribution in [2.75, 3.05) is 17.2 Å². The molecular formula is C19H19ClFN7O2. The van der Waals surface area contributed by atoms with Crippen LogP contribution in [0.1, 0.15) is 20.3 Å². The number of aliphatic hydroxyl groups is 1. The van der Waals surface area contributed by atoms with Gasteiger partial charge in [0.2, 0.25) is 5.91 Å². The maximum atomic E-state index is 15.1. The number of nitrogens with zero attached hydrogens (tertiary/aromatic N) is 4. The van der Waals surface area contributed by atoms with E-state index < -0.39 is 5.82 Å². The van der Waals surface area contributed by atoms with E-state index in [4.69, 9.17) is 16.7 Å².